The average Bonchev–Trinajstić information content (AvgIpc) is 3.10. The first-order chi connectivity index (χ1) is 14.0. The predicted octanol–water partition coefficient (Wildman–Crippen LogP) is 4.11. The average molecular weight is 389 g/mol. The van der Waals surface area contributed by atoms with Gasteiger partial charge in [-0.15, -0.1) is 0 Å². The summed E-state index contributed by atoms with van der Waals surface area (Å²) in [5.74, 6) is -1.12. The normalized spacial score (nSPS) is 10.7. The number of carbonyl (C=O) groups excluding carboxylic acids is 2. The molecule has 144 valence electrons. The van der Waals surface area contributed by atoms with E-state index >= 15 is 0 Å². The molecule has 0 aliphatic rings. The largest absolute Gasteiger partial charge is 0.364 e. The van der Waals surface area contributed by atoms with Gasteiger partial charge in [0.1, 0.15) is 11.5 Å². The van der Waals surface area contributed by atoms with Gasteiger partial charge in [-0.25, -0.2) is 9.18 Å². The minimum atomic E-state index is -0.593. The van der Waals surface area contributed by atoms with Crippen LogP contribution in [-0.2, 0) is 0 Å². The number of nitrogens with two attached hydrogens (primary N) is 1. The molecular formula is C21H16FN5O2. The van der Waals surface area contributed by atoms with Crippen molar-refractivity contribution < 1.29 is 14.0 Å². The van der Waals surface area contributed by atoms with Crippen LogP contribution in [0.5, 0.6) is 0 Å². The minimum absolute atomic E-state index is 0.0811. The highest BCUT2D eigenvalue weighted by Crippen LogP contribution is 2.31. The molecule has 0 aliphatic heterocycles. The lowest BCUT2D eigenvalue weighted by Crippen LogP contribution is -2.20. The molecule has 4 aromatic rings. The van der Waals surface area contributed by atoms with E-state index in [9.17, 15) is 14.0 Å². The summed E-state index contributed by atoms with van der Waals surface area (Å²) >= 11 is 0. The van der Waals surface area contributed by atoms with Crippen molar-refractivity contribution in [3.8, 4) is 11.1 Å². The summed E-state index contributed by atoms with van der Waals surface area (Å²) in [6, 6.07) is 15.7. The summed E-state index contributed by atoms with van der Waals surface area (Å²) in [6.07, 6.45) is 1.63. The van der Waals surface area contributed by atoms with Crippen molar-refractivity contribution in [2.24, 2.45) is 5.73 Å². The molecule has 0 saturated carbocycles. The molecule has 4 rings (SSSR count). The van der Waals surface area contributed by atoms with Crippen molar-refractivity contribution >= 4 is 34.3 Å². The van der Waals surface area contributed by atoms with Gasteiger partial charge in [0.15, 0.2) is 0 Å². The summed E-state index contributed by atoms with van der Waals surface area (Å²) in [5.41, 5.74) is 8.97. The Balaban J connectivity index is 1.58. The fraction of sp³-hybridized carbons (Fsp3) is 0. The topological polar surface area (TPSA) is 113 Å². The molecule has 2 heterocycles. The van der Waals surface area contributed by atoms with Crippen molar-refractivity contribution in [1.82, 2.24) is 9.97 Å². The second-order valence-electron chi connectivity index (χ2n) is 6.28. The molecule has 3 amide bonds. The van der Waals surface area contributed by atoms with Gasteiger partial charge in [0.25, 0.3) is 5.91 Å². The van der Waals surface area contributed by atoms with E-state index in [-0.39, 0.29) is 11.4 Å². The third-order valence-electron chi connectivity index (χ3n) is 4.35. The first-order valence-electron chi connectivity index (χ1n) is 8.72. The number of anilines is 2. The quantitative estimate of drug-likeness (QED) is 0.421. The van der Waals surface area contributed by atoms with E-state index < -0.39 is 17.8 Å². The molecule has 7 nitrogen and oxygen atoms in total. The van der Waals surface area contributed by atoms with Crippen LogP contribution >= 0.6 is 0 Å². The zero-order chi connectivity index (χ0) is 20.4. The molecule has 2 aromatic heterocycles. The Morgan fingerprint density at radius 3 is 2.45 bits per heavy atom. The number of aromatic amines is 1. The predicted molar refractivity (Wildman–Crippen MR) is 109 cm³/mol. The van der Waals surface area contributed by atoms with Crippen molar-refractivity contribution in [1.29, 1.82) is 0 Å². The molecule has 8 heteroatoms. The molecular weight excluding hydrogens is 373 g/mol. The van der Waals surface area contributed by atoms with Gasteiger partial charge in [0.2, 0.25) is 0 Å². The fourth-order valence-corrected chi connectivity index (χ4v) is 3.05. The molecule has 0 atom stereocenters. The molecule has 5 N–H and O–H groups in total. The van der Waals surface area contributed by atoms with Gasteiger partial charge in [-0.3, -0.25) is 9.78 Å². The second-order valence-corrected chi connectivity index (χ2v) is 6.28. The number of urea groups is 1. The Morgan fingerprint density at radius 2 is 1.72 bits per heavy atom. The maximum atomic E-state index is 13.6. The van der Waals surface area contributed by atoms with E-state index in [4.69, 9.17) is 5.73 Å². The number of amides is 3. The summed E-state index contributed by atoms with van der Waals surface area (Å²) in [6.45, 7) is 0. The second kappa shape index (κ2) is 7.43. The highest BCUT2D eigenvalue weighted by molar-refractivity contribution is 6.08. The fourth-order valence-electron chi connectivity index (χ4n) is 3.05. The number of benzene rings is 2. The lowest BCUT2D eigenvalue weighted by atomic mass is 10.0. The van der Waals surface area contributed by atoms with Crippen molar-refractivity contribution in [2.75, 3.05) is 10.6 Å². The number of fused-ring (bicyclic) bond motifs is 1. The van der Waals surface area contributed by atoms with Gasteiger partial charge in [0.05, 0.1) is 16.7 Å². The molecule has 0 unspecified atom stereocenters. The number of aromatic nitrogens is 2. The molecule has 0 spiro atoms. The lowest BCUT2D eigenvalue weighted by Gasteiger charge is -2.09. The molecule has 0 radical (unpaired) electrons. The Hall–Kier alpha value is -4.20. The van der Waals surface area contributed by atoms with Crippen LogP contribution in [0.15, 0.2) is 66.9 Å². The molecule has 0 aliphatic carbocycles. The number of primary amides is 1. The number of para-hydroxylation sites is 1. The summed E-state index contributed by atoms with van der Waals surface area (Å²) in [4.78, 5) is 31.3. The van der Waals surface area contributed by atoms with Crippen LogP contribution in [0.25, 0.3) is 22.2 Å². The van der Waals surface area contributed by atoms with Gasteiger partial charge in [0, 0.05) is 17.4 Å². The zero-order valence-corrected chi connectivity index (χ0v) is 15.1. The third kappa shape index (κ3) is 3.63. The number of nitrogens with one attached hydrogen (secondary N) is 3. The van der Waals surface area contributed by atoms with Gasteiger partial charge in [-0.2, -0.15) is 0 Å². The number of nitrogens with zero attached hydrogens (tertiary/aromatic N) is 1. The monoisotopic (exact) mass is 389 g/mol. The number of hydrogen-bond donors (Lipinski definition) is 4. The van der Waals surface area contributed by atoms with Crippen molar-refractivity contribution in [3.05, 3.63) is 78.4 Å². The zero-order valence-electron chi connectivity index (χ0n) is 15.1. The van der Waals surface area contributed by atoms with Crippen molar-refractivity contribution in [3.63, 3.8) is 0 Å². The first kappa shape index (κ1) is 18.2. The Morgan fingerprint density at radius 1 is 0.966 bits per heavy atom. The van der Waals surface area contributed by atoms with Crippen LogP contribution in [0.4, 0.5) is 20.6 Å². The Kier molecular flexibility index (Phi) is 4.66. The first-order valence-corrected chi connectivity index (χ1v) is 8.72. The van der Waals surface area contributed by atoms with Crippen molar-refractivity contribution in [2.45, 2.75) is 0 Å². The summed E-state index contributed by atoms with van der Waals surface area (Å²) in [5, 5.41) is 5.08. The van der Waals surface area contributed by atoms with Crippen LogP contribution < -0.4 is 16.4 Å². The minimum Gasteiger partial charge on any atom is -0.364 e. The van der Waals surface area contributed by atoms with E-state index in [0.29, 0.717) is 27.8 Å². The van der Waals surface area contributed by atoms with E-state index in [2.05, 4.69) is 20.6 Å². The highest BCUT2D eigenvalue weighted by atomic mass is 19.1. The molecule has 2 aromatic carbocycles. The Labute approximate surface area is 164 Å². The van der Waals surface area contributed by atoms with Crippen LogP contribution in [-0.4, -0.2) is 21.9 Å². The molecule has 0 saturated heterocycles. The van der Waals surface area contributed by atoms with Gasteiger partial charge < -0.3 is 21.4 Å². The number of pyridine rings is 1. The molecule has 0 bridgehead atoms. The lowest BCUT2D eigenvalue weighted by molar-refractivity contribution is 0.0997. The van der Waals surface area contributed by atoms with E-state index in [1.807, 2.05) is 0 Å². The van der Waals surface area contributed by atoms with E-state index in [0.717, 1.165) is 0 Å². The van der Waals surface area contributed by atoms with Crippen LogP contribution in [0.1, 0.15) is 10.5 Å². The highest BCUT2D eigenvalue weighted by Gasteiger charge is 2.18. The summed E-state index contributed by atoms with van der Waals surface area (Å²) in [7, 11) is 0. The van der Waals surface area contributed by atoms with E-state index in [1.54, 1.807) is 48.7 Å². The maximum absolute atomic E-state index is 13.6. The SMILES string of the molecule is NC(=O)c1[nH]c2cccnc2c1-c1ccc(NC(=O)Nc2ccccc2F)cc1. The van der Waals surface area contributed by atoms with Gasteiger partial charge in [-0.1, -0.05) is 24.3 Å². The van der Waals surface area contributed by atoms with E-state index in [1.165, 1.54) is 18.2 Å². The number of H-pyrrole nitrogens is 1. The number of halogens is 1. The summed E-state index contributed by atoms with van der Waals surface area (Å²) < 4.78 is 13.6. The number of rotatable bonds is 4. The maximum Gasteiger partial charge on any atom is 0.323 e. The number of hydrogen-bond acceptors (Lipinski definition) is 3. The molecule has 29 heavy (non-hydrogen) atoms. The number of carbonyl (C=O) groups is 2. The Bertz CT molecular complexity index is 1220. The standard InChI is InChI=1S/C21H16FN5O2/c22-14-4-1-2-5-15(14)27-21(29)25-13-9-7-12(8-10-13)17-18-16(6-3-11-24-18)26-19(17)20(23)28/h1-11,26H,(H2,23,28)(H2,25,27,29). The van der Waals surface area contributed by atoms with Gasteiger partial charge >= 0.3 is 6.03 Å². The smallest absolute Gasteiger partial charge is 0.323 e. The van der Waals surface area contributed by atoms with Crippen LogP contribution in [0.2, 0.25) is 0 Å². The van der Waals surface area contributed by atoms with Crippen LogP contribution in [0.3, 0.4) is 0 Å². The third-order valence-corrected chi connectivity index (χ3v) is 4.35. The van der Waals surface area contributed by atoms with Gasteiger partial charge in [-0.05, 0) is 42.0 Å². The van der Waals surface area contributed by atoms with Crippen LogP contribution in [0, 0.1) is 5.82 Å². The molecule has 0 fully saturated rings.